The lowest BCUT2D eigenvalue weighted by atomic mass is 10.0. The Kier molecular flexibility index (Phi) is 3.61. The van der Waals surface area contributed by atoms with Crippen LogP contribution in [-0.2, 0) is 4.79 Å². The van der Waals surface area contributed by atoms with Crippen LogP contribution < -0.4 is 10.1 Å². The van der Waals surface area contributed by atoms with Gasteiger partial charge >= 0.3 is 0 Å². The van der Waals surface area contributed by atoms with Crippen molar-refractivity contribution in [3.8, 4) is 16.9 Å². The molecular formula is C19H15FN4O2S. The summed E-state index contributed by atoms with van der Waals surface area (Å²) in [6.45, 7) is 0. The van der Waals surface area contributed by atoms with E-state index < -0.39 is 12.1 Å². The Morgan fingerprint density at radius 1 is 1.33 bits per heavy atom. The van der Waals surface area contributed by atoms with Crippen LogP contribution in [0, 0.1) is 5.92 Å². The lowest BCUT2D eigenvalue weighted by Crippen LogP contribution is -2.15. The first-order chi connectivity index (χ1) is 13.2. The average molecular weight is 382 g/mol. The summed E-state index contributed by atoms with van der Waals surface area (Å²) in [6.07, 6.45) is 1.12. The van der Waals surface area contributed by atoms with Crippen LogP contribution >= 0.6 is 11.3 Å². The number of pyridine rings is 1. The number of fused-ring (bicyclic) bond motifs is 2. The minimum absolute atomic E-state index is 0.291. The molecule has 27 heavy (non-hydrogen) atoms. The Morgan fingerprint density at radius 3 is 2.96 bits per heavy atom. The van der Waals surface area contributed by atoms with Crippen molar-refractivity contribution in [1.29, 1.82) is 0 Å². The minimum Gasteiger partial charge on any atom is -0.494 e. The molecule has 0 unspecified atom stereocenters. The first-order valence-corrected chi connectivity index (χ1v) is 9.37. The number of carbonyl (C=O) groups is 1. The zero-order valence-corrected chi connectivity index (χ0v) is 15.1. The van der Waals surface area contributed by atoms with E-state index in [1.165, 1.54) is 0 Å². The van der Waals surface area contributed by atoms with Gasteiger partial charge in [0.1, 0.15) is 23.2 Å². The van der Waals surface area contributed by atoms with Gasteiger partial charge in [0.25, 0.3) is 0 Å². The van der Waals surface area contributed by atoms with E-state index in [1.54, 1.807) is 30.0 Å². The molecule has 3 heterocycles. The van der Waals surface area contributed by atoms with Gasteiger partial charge in [-0.15, -0.1) is 11.3 Å². The number of ether oxygens (including phenoxy) is 1. The molecule has 1 saturated carbocycles. The highest BCUT2D eigenvalue weighted by atomic mass is 32.1. The van der Waals surface area contributed by atoms with Crippen molar-refractivity contribution in [2.75, 3.05) is 12.4 Å². The highest BCUT2D eigenvalue weighted by Gasteiger charge is 2.43. The van der Waals surface area contributed by atoms with Crippen LogP contribution in [0.2, 0.25) is 0 Å². The van der Waals surface area contributed by atoms with E-state index >= 15 is 0 Å². The quantitative estimate of drug-likeness (QED) is 0.556. The first-order valence-electron chi connectivity index (χ1n) is 8.49. The second kappa shape index (κ2) is 6.02. The molecule has 1 aliphatic rings. The van der Waals surface area contributed by atoms with Gasteiger partial charge in [-0.3, -0.25) is 4.79 Å². The zero-order valence-electron chi connectivity index (χ0n) is 14.3. The van der Waals surface area contributed by atoms with Crippen LogP contribution in [0.15, 0.2) is 36.0 Å². The van der Waals surface area contributed by atoms with Crippen LogP contribution in [0.3, 0.4) is 0 Å². The Balaban J connectivity index is 1.54. The fraction of sp³-hybridized carbons (Fsp3) is 0.211. The Bertz CT molecular complexity index is 1190. The van der Waals surface area contributed by atoms with Crippen molar-refractivity contribution in [1.82, 2.24) is 15.0 Å². The lowest BCUT2D eigenvalue weighted by Gasteiger charge is -2.08. The molecule has 3 aromatic heterocycles. The second-order valence-electron chi connectivity index (χ2n) is 6.49. The molecule has 0 spiro atoms. The summed E-state index contributed by atoms with van der Waals surface area (Å²) in [5, 5.41) is 3.57. The molecule has 1 amide bonds. The summed E-state index contributed by atoms with van der Waals surface area (Å²) >= 11 is 1.56. The molecular weight excluding hydrogens is 367 g/mol. The summed E-state index contributed by atoms with van der Waals surface area (Å²) < 4.78 is 19.7. The maximum atomic E-state index is 13.0. The molecule has 6 nitrogen and oxygen atoms in total. The normalized spacial score (nSPS) is 18.7. The number of halogens is 1. The molecule has 0 bridgehead atoms. The number of nitrogens with zero attached hydrogens (tertiary/aromatic N) is 2. The van der Waals surface area contributed by atoms with Crippen LogP contribution in [0.25, 0.3) is 32.4 Å². The van der Waals surface area contributed by atoms with Gasteiger partial charge in [-0.05, 0) is 30.7 Å². The van der Waals surface area contributed by atoms with Gasteiger partial charge in [-0.2, -0.15) is 0 Å². The largest absolute Gasteiger partial charge is 0.494 e. The maximum absolute atomic E-state index is 13.0. The van der Waals surface area contributed by atoms with Gasteiger partial charge in [-0.1, -0.05) is 0 Å². The predicted molar refractivity (Wildman–Crippen MR) is 103 cm³/mol. The topological polar surface area (TPSA) is 79.9 Å². The number of thiazole rings is 1. The number of amides is 1. The number of hydrogen-bond acceptors (Lipinski definition) is 5. The number of benzene rings is 1. The number of alkyl halides is 1. The fourth-order valence-corrected chi connectivity index (χ4v) is 3.95. The van der Waals surface area contributed by atoms with Gasteiger partial charge in [0.15, 0.2) is 5.75 Å². The smallest absolute Gasteiger partial charge is 0.231 e. The van der Waals surface area contributed by atoms with Gasteiger partial charge in [0, 0.05) is 22.7 Å². The van der Waals surface area contributed by atoms with Gasteiger partial charge < -0.3 is 15.0 Å². The number of H-pyrrole nitrogens is 1. The molecule has 2 N–H and O–H groups in total. The number of aromatic amines is 1. The number of aromatic nitrogens is 3. The monoisotopic (exact) mass is 382 g/mol. The van der Waals surface area contributed by atoms with Crippen LogP contribution in [0.4, 0.5) is 10.2 Å². The molecule has 136 valence electrons. The Hall–Kier alpha value is -3.00. The van der Waals surface area contributed by atoms with Crippen LogP contribution in [0.1, 0.15) is 6.42 Å². The molecule has 4 aromatic rings. The molecule has 1 aromatic carbocycles. The van der Waals surface area contributed by atoms with Crippen molar-refractivity contribution in [3.63, 3.8) is 0 Å². The highest BCUT2D eigenvalue weighted by Crippen LogP contribution is 2.40. The maximum Gasteiger partial charge on any atom is 0.231 e. The van der Waals surface area contributed by atoms with E-state index in [9.17, 15) is 9.18 Å². The molecule has 1 fully saturated rings. The van der Waals surface area contributed by atoms with Crippen molar-refractivity contribution in [2.45, 2.75) is 12.6 Å². The molecule has 1 aliphatic carbocycles. The number of hydrogen-bond donors (Lipinski definition) is 2. The summed E-state index contributed by atoms with van der Waals surface area (Å²) in [5.41, 5.74) is 5.12. The molecule has 0 aliphatic heterocycles. The van der Waals surface area contributed by atoms with Crippen molar-refractivity contribution < 1.29 is 13.9 Å². The van der Waals surface area contributed by atoms with E-state index in [2.05, 4.69) is 20.3 Å². The average Bonchev–Trinajstić information content (AvgIpc) is 3.07. The SMILES string of the molecule is COc1c(-c2c[nH]c3nc(NC(=O)[C@@H]4C[C@@H]4F)ccc23)ccc2scnc12. The number of methoxy groups -OCH3 is 1. The fourth-order valence-electron chi connectivity index (χ4n) is 3.28. The molecule has 5 rings (SSSR count). The summed E-state index contributed by atoms with van der Waals surface area (Å²) in [5.74, 6) is 0.254. The highest BCUT2D eigenvalue weighted by molar-refractivity contribution is 7.16. The van der Waals surface area contributed by atoms with E-state index in [4.69, 9.17) is 4.74 Å². The number of nitrogens with one attached hydrogen (secondary N) is 2. The molecule has 0 saturated heterocycles. The summed E-state index contributed by atoms with van der Waals surface area (Å²) in [6, 6.07) is 7.64. The van der Waals surface area contributed by atoms with E-state index in [0.29, 0.717) is 17.9 Å². The van der Waals surface area contributed by atoms with Gasteiger partial charge in [0.05, 0.1) is 23.2 Å². The van der Waals surface area contributed by atoms with Gasteiger partial charge in [0.2, 0.25) is 5.91 Å². The predicted octanol–water partition coefficient (Wildman–Crippen LogP) is 4.14. The summed E-state index contributed by atoms with van der Waals surface area (Å²) in [4.78, 5) is 23.9. The standard InChI is InChI=1S/C19H15FN4O2S/c1-26-17-9(2-4-14-16(17)22-8-27-14)12-7-21-18-10(12)3-5-15(23-18)24-19(25)11-6-13(11)20/h2-5,7-8,11,13H,6H2,1H3,(H2,21,23,24,25)/t11-,13+/m1/s1. The van der Waals surface area contributed by atoms with E-state index in [-0.39, 0.29) is 5.91 Å². The third-order valence-electron chi connectivity index (χ3n) is 4.79. The second-order valence-corrected chi connectivity index (χ2v) is 7.37. The van der Waals surface area contributed by atoms with Gasteiger partial charge in [-0.25, -0.2) is 14.4 Å². The van der Waals surface area contributed by atoms with Crippen molar-refractivity contribution in [2.24, 2.45) is 5.92 Å². The van der Waals surface area contributed by atoms with Crippen LogP contribution in [0.5, 0.6) is 5.75 Å². The first kappa shape index (κ1) is 16.2. The molecule has 0 radical (unpaired) electrons. The Morgan fingerprint density at radius 2 is 2.19 bits per heavy atom. The van der Waals surface area contributed by atoms with E-state index in [1.807, 2.05) is 24.4 Å². The third kappa shape index (κ3) is 2.64. The van der Waals surface area contributed by atoms with Crippen molar-refractivity contribution in [3.05, 3.63) is 36.0 Å². The minimum atomic E-state index is -1.03. The zero-order chi connectivity index (χ0) is 18.5. The van der Waals surface area contributed by atoms with Crippen LogP contribution in [-0.4, -0.2) is 34.1 Å². The molecule has 8 heteroatoms. The molecule has 2 atom stereocenters. The lowest BCUT2D eigenvalue weighted by molar-refractivity contribution is -0.117. The number of rotatable bonds is 4. The number of anilines is 1. The number of carbonyl (C=O) groups excluding carboxylic acids is 1. The van der Waals surface area contributed by atoms with E-state index in [0.717, 1.165) is 32.5 Å². The summed E-state index contributed by atoms with van der Waals surface area (Å²) in [7, 11) is 1.63. The third-order valence-corrected chi connectivity index (χ3v) is 5.58. The van der Waals surface area contributed by atoms with Crippen molar-refractivity contribution >= 4 is 44.3 Å². The Labute approximate surface area is 157 Å².